The van der Waals surface area contributed by atoms with Gasteiger partial charge in [0.05, 0.1) is 6.10 Å². The minimum absolute atomic E-state index is 0.619. The first-order valence-electron chi connectivity index (χ1n) is 6.79. The van der Waals surface area contributed by atoms with Gasteiger partial charge in [-0.3, -0.25) is 0 Å². The Hall–Kier alpha value is -0.0800. The van der Waals surface area contributed by atoms with Crippen molar-refractivity contribution in [3.05, 3.63) is 0 Å². The van der Waals surface area contributed by atoms with Crippen molar-refractivity contribution < 1.29 is 4.74 Å². The zero-order valence-electron chi connectivity index (χ0n) is 9.66. The second kappa shape index (κ2) is 4.42. The van der Waals surface area contributed by atoms with Crippen LogP contribution in [0.1, 0.15) is 44.9 Å². The molecule has 2 saturated heterocycles. The molecule has 3 aliphatic rings. The summed E-state index contributed by atoms with van der Waals surface area (Å²) >= 11 is 0. The van der Waals surface area contributed by atoms with Gasteiger partial charge in [-0.2, -0.15) is 0 Å². The first-order chi connectivity index (χ1) is 7.43. The summed E-state index contributed by atoms with van der Waals surface area (Å²) in [6.07, 6.45) is 10.4. The minimum Gasteiger partial charge on any atom is -0.378 e. The van der Waals surface area contributed by atoms with Crippen molar-refractivity contribution in [1.29, 1.82) is 0 Å². The Balaban J connectivity index is 1.47. The molecule has 1 aliphatic carbocycles. The van der Waals surface area contributed by atoms with E-state index in [1.807, 2.05) is 0 Å². The number of hydrogen-bond acceptors (Lipinski definition) is 2. The first kappa shape index (κ1) is 10.1. The van der Waals surface area contributed by atoms with E-state index in [9.17, 15) is 0 Å². The summed E-state index contributed by atoms with van der Waals surface area (Å²) in [7, 11) is 0. The SMILES string of the molecule is C1COC(C2CCN(C3CCC3)CC2)C1. The van der Waals surface area contributed by atoms with Crippen LogP contribution in [0.4, 0.5) is 0 Å². The van der Waals surface area contributed by atoms with E-state index in [0.29, 0.717) is 6.10 Å². The van der Waals surface area contributed by atoms with Crippen molar-refractivity contribution in [3.8, 4) is 0 Å². The molecule has 2 aliphatic heterocycles. The van der Waals surface area contributed by atoms with Gasteiger partial charge in [-0.15, -0.1) is 0 Å². The summed E-state index contributed by atoms with van der Waals surface area (Å²) in [5.41, 5.74) is 0. The molecule has 15 heavy (non-hydrogen) atoms. The molecule has 0 aromatic carbocycles. The summed E-state index contributed by atoms with van der Waals surface area (Å²) in [6.45, 7) is 3.71. The van der Waals surface area contributed by atoms with Crippen LogP contribution in [0.15, 0.2) is 0 Å². The van der Waals surface area contributed by atoms with Gasteiger partial charge >= 0.3 is 0 Å². The van der Waals surface area contributed by atoms with E-state index in [-0.39, 0.29) is 0 Å². The highest BCUT2D eigenvalue weighted by molar-refractivity contribution is 4.86. The molecule has 2 nitrogen and oxygen atoms in total. The van der Waals surface area contributed by atoms with Crippen LogP contribution in [0.25, 0.3) is 0 Å². The lowest BCUT2D eigenvalue weighted by Gasteiger charge is -2.42. The minimum atomic E-state index is 0.619. The quantitative estimate of drug-likeness (QED) is 0.692. The van der Waals surface area contributed by atoms with Crippen LogP contribution in [-0.2, 0) is 4.74 Å². The standard InChI is InChI=1S/C13H23NO/c1-3-12(4-1)14-8-6-11(7-9-14)13-5-2-10-15-13/h11-13H,1-10H2. The van der Waals surface area contributed by atoms with Crippen molar-refractivity contribution in [2.75, 3.05) is 19.7 Å². The molecule has 1 atom stereocenters. The molecule has 1 unspecified atom stereocenters. The summed E-state index contributed by atoms with van der Waals surface area (Å²) in [4.78, 5) is 2.73. The smallest absolute Gasteiger partial charge is 0.0605 e. The van der Waals surface area contributed by atoms with Crippen molar-refractivity contribution in [3.63, 3.8) is 0 Å². The number of hydrogen-bond donors (Lipinski definition) is 0. The predicted molar refractivity (Wildman–Crippen MR) is 60.9 cm³/mol. The Morgan fingerprint density at radius 2 is 1.67 bits per heavy atom. The molecule has 0 aromatic rings. The number of nitrogens with zero attached hydrogens (tertiary/aromatic N) is 1. The van der Waals surface area contributed by atoms with E-state index in [4.69, 9.17) is 4.74 Å². The maximum atomic E-state index is 5.81. The van der Waals surface area contributed by atoms with Gasteiger partial charge in [-0.05, 0) is 57.5 Å². The van der Waals surface area contributed by atoms with Crippen molar-refractivity contribution in [2.45, 2.75) is 57.1 Å². The zero-order valence-corrected chi connectivity index (χ0v) is 9.66. The average Bonchev–Trinajstić information content (AvgIpc) is 2.69. The maximum absolute atomic E-state index is 5.81. The van der Waals surface area contributed by atoms with Gasteiger partial charge in [-0.25, -0.2) is 0 Å². The van der Waals surface area contributed by atoms with Gasteiger partial charge in [-0.1, -0.05) is 6.42 Å². The lowest BCUT2D eigenvalue weighted by molar-refractivity contribution is 0.0129. The molecule has 0 radical (unpaired) electrons. The van der Waals surface area contributed by atoms with E-state index in [1.165, 1.54) is 58.0 Å². The van der Waals surface area contributed by atoms with Crippen LogP contribution in [0, 0.1) is 5.92 Å². The highest BCUT2D eigenvalue weighted by Gasteiger charge is 2.33. The molecule has 2 heterocycles. The zero-order chi connectivity index (χ0) is 10.1. The van der Waals surface area contributed by atoms with E-state index < -0.39 is 0 Å². The number of rotatable bonds is 2. The van der Waals surface area contributed by atoms with E-state index in [0.717, 1.165) is 18.6 Å². The Labute approximate surface area is 93.0 Å². The Bertz CT molecular complexity index is 201. The summed E-state index contributed by atoms with van der Waals surface area (Å²) in [5.74, 6) is 0.879. The van der Waals surface area contributed by atoms with E-state index in [1.54, 1.807) is 0 Å². The Morgan fingerprint density at radius 3 is 2.20 bits per heavy atom. The Kier molecular flexibility index (Phi) is 2.98. The number of piperidine rings is 1. The predicted octanol–water partition coefficient (Wildman–Crippen LogP) is 2.43. The van der Waals surface area contributed by atoms with Gasteiger partial charge in [0.25, 0.3) is 0 Å². The van der Waals surface area contributed by atoms with Crippen LogP contribution in [-0.4, -0.2) is 36.7 Å². The maximum Gasteiger partial charge on any atom is 0.0605 e. The molecule has 0 aromatic heterocycles. The van der Waals surface area contributed by atoms with Crippen molar-refractivity contribution >= 4 is 0 Å². The molecular formula is C13H23NO. The van der Waals surface area contributed by atoms with E-state index >= 15 is 0 Å². The molecule has 0 N–H and O–H groups in total. The molecule has 0 amide bonds. The summed E-state index contributed by atoms with van der Waals surface area (Å²) in [6, 6.07) is 0.954. The molecule has 3 rings (SSSR count). The topological polar surface area (TPSA) is 12.5 Å². The number of likely N-dealkylation sites (tertiary alicyclic amines) is 1. The molecule has 0 spiro atoms. The number of ether oxygens (including phenoxy) is 1. The highest BCUT2D eigenvalue weighted by atomic mass is 16.5. The van der Waals surface area contributed by atoms with Crippen LogP contribution in [0.2, 0.25) is 0 Å². The normalized spacial score (nSPS) is 35.6. The van der Waals surface area contributed by atoms with Crippen LogP contribution in [0.3, 0.4) is 0 Å². The lowest BCUT2D eigenvalue weighted by atomic mass is 9.85. The fourth-order valence-corrected chi connectivity index (χ4v) is 3.38. The van der Waals surface area contributed by atoms with Crippen molar-refractivity contribution in [2.24, 2.45) is 5.92 Å². The third kappa shape index (κ3) is 2.07. The molecule has 3 fully saturated rings. The fourth-order valence-electron chi connectivity index (χ4n) is 3.38. The summed E-state index contributed by atoms with van der Waals surface area (Å²) < 4.78 is 5.81. The molecule has 0 bridgehead atoms. The van der Waals surface area contributed by atoms with E-state index in [2.05, 4.69) is 4.90 Å². The summed E-state index contributed by atoms with van der Waals surface area (Å²) in [5, 5.41) is 0. The monoisotopic (exact) mass is 209 g/mol. The largest absolute Gasteiger partial charge is 0.378 e. The third-order valence-corrected chi connectivity index (χ3v) is 4.66. The van der Waals surface area contributed by atoms with Gasteiger partial charge in [0.1, 0.15) is 0 Å². The van der Waals surface area contributed by atoms with Gasteiger partial charge < -0.3 is 9.64 Å². The van der Waals surface area contributed by atoms with Gasteiger partial charge in [0.2, 0.25) is 0 Å². The van der Waals surface area contributed by atoms with Gasteiger partial charge in [0, 0.05) is 12.6 Å². The Morgan fingerprint density at radius 1 is 0.867 bits per heavy atom. The fraction of sp³-hybridized carbons (Fsp3) is 1.00. The second-order valence-electron chi connectivity index (χ2n) is 5.51. The van der Waals surface area contributed by atoms with Crippen molar-refractivity contribution in [1.82, 2.24) is 4.90 Å². The average molecular weight is 209 g/mol. The molecule has 86 valence electrons. The van der Waals surface area contributed by atoms with Crippen LogP contribution >= 0.6 is 0 Å². The molecule has 2 heteroatoms. The van der Waals surface area contributed by atoms with Crippen LogP contribution < -0.4 is 0 Å². The van der Waals surface area contributed by atoms with Gasteiger partial charge in [0.15, 0.2) is 0 Å². The molecule has 1 saturated carbocycles. The van der Waals surface area contributed by atoms with Crippen LogP contribution in [0.5, 0.6) is 0 Å². The third-order valence-electron chi connectivity index (χ3n) is 4.66. The molecular weight excluding hydrogens is 186 g/mol. The highest BCUT2D eigenvalue weighted by Crippen LogP contribution is 2.32. The second-order valence-corrected chi connectivity index (χ2v) is 5.51. The lowest BCUT2D eigenvalue weighted by Crippen LogP contribution is -2.46. The first-order valence-corrected chi connectivity index (χ1v) is 6.79.